The number of amides is 3. The number of allylic oxidation sites excluding steroid dienone is 7. The van der Waals surface area contributed by atoms with Crippen LogP contribution in [0.4, 0.5) is 4.39 Å². The van der Waals surface area contributed by atoms with Gasteiger partial charge in [0.05, 0.1) is 6.61 Å². The molecule has 0 aliphatic carbocycles. The molecule has 1 fully saturated rings. The monoisotopic (exact) mass is 1340 g/mol. The van der Waals surface area contributed by atoms with Crippen molar-refractivity contribution in [3.8, 4) is 5.75 Å². The van der Waals surface area contributed by atoms with Crippen molar-refractivity contribution in [2.45, 2.75) is 304 Å². The zero-order valence-corrected chi connectivity index (χ0v) is 67.3. The van der Waals surface area contributed by atoms with Crippen LogP contribution in [0.25, 0.3) is 21.9 Å². The quantitative estimate of drug-likeness (QED) is 0.0281. The highest BCUT2D eigenvalue weighted by atomic mass is 35.5. The van der Waals surface area contributed by atoms with Gasteiger partial charge in [0.1, 0.15) is 17.6 Å². The zero-order chi connectivity index (χ0) is 75.2. The number of rotatable bonds is 19. The Kier molecular flexibility index (Phi) is 72.9. The molecule has 9 nitrogen and oxygen atoms in total. The molecule has 95 heavy (non-hydrogen) atoms. The fourth-order valence-electron chi connectivity index (χ4n) is 8.30. The van der Waals surface area contributed by atoms with Gasteiger partial charge in [-0.15, -0.1) is 0 Å². The summed E-state index contributed by atoms with van der Waals surface area (Å²) in [7, 11) is 0. The second kappa shape index (κ2) is 67.7. The van der Waals surface area contributed by atoms with Gasteiger partial charge in [0.25, 0.3) is 0 Å². The third-order valence-corrected chi connectivity index (χ3v) is 13.9. The molecule has 1 unspecified atom stereocenters. The van der Waals surface area contributed by atoms with E-state index in [9.17, 15) is 28.7 Å². The highest BCUT2D eigenvalue weighted by Crippen LogP contribution is 2.40. The van der Waals surface area contributed by atoms with Gasteiger partial charge < -0.3 is 20.1 Å². The van der Waals surface area contributed by atoms with Crippen LogP contribution in [0.15, 0.2) is 113 Å². The maximum Gasteiger partial charge on any atom is 0.331 e. The molecule has 3 N–H and O–H groups in total. The summed E-state index contributed by atoms with van der Waals surface area (Å²) in [4.78, 5) is 47.1. The number of hydrogen-bond acceptors (Lipinski definition) is 6. The average Bonchev–Trinajstić information content (AvgIpc) is 0.790. The molecular formula is C84H143ClFN3O6. The lowest BCUT2D eigenvalue weighted by Gasteiger charge is -2.21. The molecule has 0 saturated carbocycles. The molecule has 544 valence electrons. The number of carbonyl (C=O) groups is 4. The molecule has 1 aliphatic rings. The minimum Gasteiger partial charge on any atom is -0.493 e. The first-order valence-corrected chi connectivity index (χ1v) is 36.5. The molecule has 1 aliphatic heterocycles. The van der Waals surface area contributed by atoms with E-state index < -0.39 is 5.97 Å². The maximum absolute atomic E-state index is 13.7. The van der Waals surface area contributed by atoms with Crippen LogP contribution >= 0.6 is 11.6 Å². The number of piperidine rings is 1. The first-order valence-electron chi connectivity index (χ1n) is 36.1. The van der Waals surface area contributed by atoms with Crippen LogP contribution in [-0.2, 0) is 19.2 Å². The van der Waals surface area contributed by atoms with Crippen LogP contribution in [0.1, 0.15) is 303 Å². The summed E-state index contributed by atoms with van der Waals surface area (Å²) in [6, 6.07) is 20.1. The molecule has 0 bridgehead atoms. The van der Waals surface area contributed by atoms with Crippen molar-refractivity contribution in [3.05, 3.63) is 158 Å². The van der Waals surface area contributed by atoms with Gasteiger partial charge in [0.15, 0.2) is 0 Å². The van der Waals surface area contributed by atoms with Crippen LogP contribution in [0.2, 0.25) is 5.02 Å². The largest absolute Gasteiger partial charge is 0.493 e. The summed E-state index contributed by atoms with van der Waals surface area (Å²) >= 11 is 6.78. The number of benzene rings is 4. The average molecular weight is 1350 g/mol. The second-order valence-electron chi connectivity index (χ2n) is 22.7. The zero-order valence-electron chi connectivity index (χ0n) is 66.5. The number of carboxylic acid groups (broad SMARTS) is 1. The summed E-state index contributed by atoms with van der Waals surface area (Å²) in [5.41, 5.74) is 14.5. The molecule has 0 radical (unpaired) electrons. The fraction of sp³-hybridized carbons (Fsp3) is 0.571. The van der Waals surface area contributed by atoms with E-state index in [-0.39, 0.29) is 29.6 Å². The van der Waals surface area contributed by atoms with Crippen molar-refractivity contribution in [2.75, 3.05) is 19.7 Å². The molecule has 3 amide bonds. The number of ether oxygens (including phenoxy) is 1. The van der Waals surface area contributed by atoms with Gasteiger partial charge in [-0.1, -0.05) is 241 Å². The normalized spacial score (nSPS) is 11.5. The lowest BCUT2D eigenvalue weighted by molar-refractivity contribution is -0.135. The van der Waals surface area contributed by atoms with Crippen molar-refractivity contribution in [1.82, 2.24) is 15.5 Å². The van der Waals surface area contributed by atoms with E-state index in [0.29, 0.717) is 61.5 Å². The van der Waals surface area contributed by atoms with Crippen LogP contribution in [0.3, 0.4) is 0 Å². The van der Waals surface area contributed by atoms with Gasteiger partial charge in [-0.05, 0) is 208 Å². The Bertz CT molecular complexity index is 2730. The second-order valence-corrected chi connectivity index (χ2v) is 23.1. The third-order valence-electron chi connectivity index (χ3n) is 13.6. The molecule has 5 rings (SSSR count). The van der Waals surface area contributed by atoms with Gasteiger partial charge in [0.2, 0.25) is 17.7 Å². The number of carbonyl (C=O) groups excluding carboxylic acids is 3. The Morgan fingerprint density at radius 1 is 0.684 bits per heavy atom. The highest BCUT2D eigenvalue weighted by molar-refractivity contribution is 6.33. The van der Waals surface area contributed by atoms with Gasteiger partial charge in [-0.2, -0.15) is 0 Å². The maximum atomic E-state index is 13.7. The Morgan fingerprint density at radius 2 is 1.18 bits per heavy atom. The topological polar surface area (TPSA) is 125 Å². The summed E-state index contributed by atoms with van der Waals surface area (Å²) in [5, 5.41) is 17.3. The van der Waals surface area contributed by atoms with Gasteiger partial charge in [0, 0.05) is 47.5 Å². The smallest absolute Gasteiger partial charge is 0.331 e. The van der Waals surface area contributed by atoms with Crippen LogP contribution in [0, 0.1) is 33.5 Å². The SMILES string of the molecule is C=CNC1CCC(=O)NC1=O.CC.CC.CC.CC(C)=C(C)C.CC/C=C(/C)C(=C(C)C)c1c(Cl)ccc(/C(CCCOc2cccc3cc(F)ccc23)=C(\CC)C(=O)O)c1C.CCC.CCC.CCC.CCCC.CCCN(CCC)C(=O)CC.Cc1cccc(C)c1C. The third kappa shape index (κ3) is 47.3. The number of halogens is 2. The van der Waals surface area contributed by atoms with Gasteiger partial charge in [-0.25, -0.2) is 9.18 Å². The van der Waals surface area contributed by atoms with E-state index >= 15 is 0 Å². The summed E-state index contributed by atoms with van der Waals surface area (Å²) in [6.45, 7) is 68.1. The number of aliphatic carboxylic acids is 1. The predicted octanol–water partition coefficient (Wildman–Crippen LogP) is 25.9. The van der Waals surface area contributed by atoms with E-state index in [2.05, 4.69) is 187 Å². The van der Waals surface area contributed by atoms with Crippen LogP contribution in [0.5, 0.6) is 5.75 Å². The number of unbranched alkanes of at least 4 members (excludes halogenated alkanes) is 1. The summed E-state index contributed by atoms with van der Waals surface area (Å²) in [5.74, 6) is -0.690. The Labute approximate surface area is 589 Å². The molecule has 0 spiro atoms. The van der Waals surface area contributed by atoms with E-state index in [1.807, 2.05) is 97.5 Å². The number of nitrogens with one attached hydrogen (secondary N) is 2. The van der Waals surface area contributed by atoms with Crippen LogP contribution < -0.4 is 15.4 Å². The Hall–Kier alpha value is -6.26. The first-order chi connectivity index (χ1) is 45.1. The minimum absolute atomic E-state index is 0.197. The molecule has 1 heterocycles. The first kappa shape index (κ1) is 102. The minimum atomic E-state index is -0.912. The van der Waals surface area contributed by atoms with E-state index in [4.69, 9.17) is 16.3 Å². The molecular weight excluding hydrogens is 1200 g/mol. The lowest BCUT2D eigenvalue weighted by atomic mass is 9.85. The molecule has 11 heteroatoms. The highest BCUT2D eigenvalue weighted by Gasteiger charge is 2.25. The van der Waals surface area contributed by atoms with E-state index in [1.165, 1.54) is 78.3 Å². The van der Waals surface area contributed by atoms with Crippen molar-refractivity contribution < 1.29 is 33.4 Å². The van der Waals surface area contributed by atoms with Crippen LogP contribution in [-0.4, -0.2) is 59.4 Å². The van der Waals surface area contributed by atoms with Crippen molar-refractivity contribution >= 4 is 57.2 Å². The molecule has 4 aromatic rings. The molecule has 1 saturated heterocycles. The predicted molar refractivity (Wildman–Crippen MR) is 422 cm³/mol. The van der Waals surface area contributed by atoms with Crippen molar-refractivity contribution in [3.63, 3.8) is 0 Å². The van der Waals surface area contributed by atoms with Gasteiger partial charge >= 0.3 is 5.97 Å². The molecule has 4 aromatic carbocycles. The molecule has 1 atom stereocenters. The van der Waals surface area contributed by atoms with E-state index in [0.717, 1.165) is 82.1 Å². The summed E-state index contributed by atoms with van der Waals surface area (Å²) < 4.78 is 19.7. The molecule has 0 aromatic heterocycles. The number of fused-ring (bicyclic) bond motifs is 1. The number of aryl methyl sites for hydroxylation is 2. The van der Waals surface area contributed by atoms with Crippen molar-refractivity contribution in [2.24, 2.45) is 0 Å². The lowest BCUT2D eigenvalue weighted by Crippen LogP contribution is -2.49. The summed E-state index contributed by atoms with van der Waals surface area (Å²) in [6.07, 6.45) is 16.2. The Balaban J connectivity index is -0.000000224. The number of hydrogen-bond donors (Lipinski definition) is 3. The number of imide groups is 1. The standard InChI is InChI=1S/C34H38ClFO3.C9H19NO.C9H12.C7H10N2O2.C6H12.C4H10.3C3H8.3C2H6/c1-7-11-22(5)32(21(3)4)33-23(6)27(17-18-30(33)35)29(26(8-2)34(37)38)13-10-19-39-31-14-9-12-24-20-25(36)15-16-28(24)31;1-4-7-10(8-5-2)9(11)6-3;1-7-5-4-6-8(2)9(7)3;1-2-8-5-3-4-6(10)9-7(5)11;1-5(2)6(3)4;1-3-4-2;3*1-3-2;3*1-2/h9,11-12,14-18,20H,7-8,10,13,19H2,1-6H3,(H,37,38);4-8H2,1-3H3;4-6H,1-3H3;2,5,8H,1,3-4H2,(H,9,10,11);1-4H3;3-4H2,1-2H3;3*3H2,1-2H3;3*1-2H3/b22-11-,29-26+;;;;;;;;;;;. The number of nitrogens with zero attached hydrogens (tertiary/aromatic N) is 1. The fourth-order valence-corrected chi connectivity index (χ4v) is 8.60. The van der Waals surface area contributed by atoms with Crippen molar-refractivity contribution in [1.29, 1.82) is 0 Å². The number of carboxylic acids is 1. The Morgan fingerprint density at radius 3 is 1.57 bits per heavy atom. The van der Waals surface area contributed by atoms with E-state index in [1.54, 1.807) is 6.07 Å². The van der Waals surface area contributed by atoms with Gasteiger partial charge in [-0.3, -0.25) is 19.7 Å².